The number of aliphatic carboxylic acids is 1. The van der Waals surface area contributed by atoms with Gasteiger partial charge in [-0.25, -0.2) is 4.79 Å². The normalized spacial score (nSPS) is 15.3. The minimum Gasteiger partial charge on any atom is -0.480 e. The molecule has 0 aliphatic carbocycles. The van der Waals surface area contributed by atoms with Crippen LogP contribution in [0.15, 0.2) is 0 Å². The van der Waals surface area contributed by atoms with Crippen molar-refractivity contribution in [3.63, 3.8) is 0 Å². The van der Waals surface area contributed by atoms with Gasteiger partial charge in [-0.15, -0.1) is 0 Å². The Morgan fingerprint density at radius 3 is 1.57 bits per heavy atom. The van der Waals surface area contributed by atoms with Gasteiger partial charge in [0.1, 0.15) is 30.2 Å². The molecule has 0 rings (SSSR count). The van der Waals surface area contributed by atoms with Gasteiger partial charge in [0.25, 0.3) is 0 Å². The van der Waals surface area contributed by atoms with Gasteiger partial charge >= 0.3 is 5.97 Å². The smallest absolute Gasteiger partial charge is 0.326 e. The Bertz CT molecular complexity index is 973. The van der Waals surface area contributed by atoms with Gasteiger partial charge in [-0.05, 0) is 32.1 Å². The molecule has 0 saturated carbocycles. The van der Waals surface area contributed by atoms with E-state index in [0.717, 1.165) is 0 Å². The van der Waals surface area contributed by atoms with Crippen molar-refractivity contribution in [2.45, 2.75) is 84.2 Å². The van der Waals surface area contributed by atoms with Crippen LogP contribution in [-0.4, -0.2) is 113 Å². The number of hydrogen-bond donors (Lipinski definition) is 10. The number of amides is 6. The first-order chi connectivity index (χ1) is 19.4. The van der Waals surface area contributed by atoms with Crippen molar-refractivity contribution in [2.24, 2.45) is 17.6 Å². The van der Waals surface area contributed by atoms with Crippen LogP contribution in [0.5, 0.6) is 0 Å². The van der Waals surface area contributed by atoms with Crippen LogP contribution in [0.3, 0.4) is 0 Å². The van der Waals surface area contributed by atoms with E-state index in [1.807, 2.05) is 0 Å². The second kappa shape index (κ2) is 18.6. The van der Waals surface area contributed by atoms with E-state index in [9.17, 15) is 48.9 Å². The maximum atomic E-state index is 12.7. The standard InChI is InChI=1S/C25H45N7O10/c1-11(2)7-15(25(41)42)30-23(39)17(10-34)31-22(38)16(9-33)29-18(35)8-27-24(40)19(12(3)4)32-21(37)14(6)28-20(36)13(5)26/h11-17,19,33-34H,7-10,26H2,1-6H3,(H,27,40)(H,28,36)(H,29,35)(H,30,39)(H,31,38)(H,32,37)(H,41,42)/t13-,14-,15-,16-,17-,19-/m0/s1. The Morgan fingerprint density at radius 2 is 1.14 bits per heavy atom. The van der Waals surface area contributed by atoms with Crippen LogP contribution in [0, 0.1) is 11.8 Å². The van der Waals surface area contributed by atoms with E-state index in [1.165, 1.54) is 13.8 Å². The first-order valence-corrected chi connectivity index (χ1v) is 13.4. The largest absolute Gasteiger partial charge is 0.480 e. The van der Waals surface area contributed by atoms with Crippen LogP contribution in [-0.2, 0) is 33.6 Å². The van der Waals surface area contributed by atoms with Crippen LogP contribution in [0.1, 0.15) is 48.0 Å². The van der Waals surface area contributed by atoms with E-state index in [4.69, 9.17) is 5.73 Å². The maximum Gasteiger partial charge on any atom is 0.326 e. The quantitative estimate of drug-likeness (QED) is 0.0715. The van der Waals surface area contributed by atoms with Gasteiger partial charge in [0.2, 0.25) is 35.4 Å². The van der Waals surface area contributed by atoms with Crippen molar-refractivity contribution in [1.29, 1.82) is 0 Å². The van der Waals surface area contributed by atoms with Gasteiger partial charge < -0.3 is 53.0 Å². The lowest BCUT2D eigenvalue weighted by molar-refractivity contribution is -0.143. The average Bonchev–Trinajstić information content (AvgIpc) is 2.90. The summed E-state index contributed by atoms with van der Waals surface area (Å²) in [4.78, 5) is 85.6. The summed E-state index contributed by atoms with van der Waals surface area (Å²) >= 11 is 0. The molecule has 0 heterocycles. The molecule has 0 radical (unpaired) electrons. The number of carboxylic acid groups (broad SMARTS) is 1. The predicted octanol–water partition coefficient (Wildman–Crippen LogP) is -4.34. The van der Waals surface area contributed by atoms with Gasteiger partial charge in [0, 0.05) is 0 Å². The Labute approximate surface area is 244 Å². The summed E-state index contributed by atoms with van der Waals surface area (Å²) in [6, 6.07) is -7.37. The SMILES string of the molecule is CC(C)C[C@H](NC(=O)[C@H](CO)NC(=O)[C@H](CO)NC(=O)CNC(=O)[C@@H](NC(=O)[C@H](C)NC(=O)[C@H](C)N)C(C)C)C(=O)O. The second-order valence-corrected chi connectivity index (χ2v) is 10.5. The number of rotatable bonds is 18. The summed E-state index contributed by atoms with van der Waals surface area (Å²) in [5.74, 6) is -6.72. The lowest BCUT2D eigenvalue weighted by atomic mass is 10.0. The summed E-state index contributed by atoms with van der Waals surface area (Å²) in [5, 5.41) is 42.1. The molecule has 6 atom stereocenters. The molecule has 17 nitrogen and oxygen atoms in total. The van der Waals surface area contributed by atoms with Crippen LogP contribution in [0.2, 0.25) is 0 Å². The van der Waals surface area contributed by atoms with Gasteiger partial charge in [0.15, 0.2) is 0 Å². The highest BCUT2D eigenvalue weighted by Gasteiger charge is 2.30. The molecule has 240 valence electrons. The van der Waals surface area contributed by atoms with Gasteiger partial charge in [-0.3, -0.25) is 28.8 Å². The van der Waals surface area contributed by atoms with Crippen LogP contribution in [0.4, 0.5) is 0 Å². The summed E-state index contributed by atoms with van der Waals surface area (Å²) in [6.45, 7) is 7.14. The number of nitrogens with two attached hydrogens (primary N) is 1. The summed E-state index contributed by atoms with van der Waals surface area (Å²) in [6.07, 6.45) is 0.0959. The molecule has 0 bridgehead atoms. The van der Waals surface area contributed by atoms with E-state index in [-0.39, 0.29) is 12.3 Å². The molecule has 0 fully saturated rings. The van der Waals surface area contributed by atoms with Crippen molar-refractivity contribution in [2.75, 3.05) is 19.8 Å². The number of aliphatic hydroxyl groups excluding tert-OH is 2. The zero-order valence-electron chi connectivity index (χ0n) is 24.7. The molecule has 6 amide bonds. The fraction of sp³-hybridized carbons (Fsp3) is 0.720. The zero-order valence-corrected chi connectivity index (χ0v) is 24.7. The molecule has 0 saturated heterocycles. The highest BCUT2D eigenvalue weighted by molar-refractivity contribution is 5.96. The molecule has 0 unspecified atom stereocenters. The number of hydrogen-bond acceptors (Lipinski definition) is 10. The number of nitrogens with one attached hydrogen (secondary N) is 6. The molecule has 0 spiro atoms. The highest BCUT2D eigenvalue weighted by Crippen LogP contribution is 2.06. The highest BCUT2D eigenvalue weighted by atomic mass is 16.4. The molecular weight excluding hydrogens is 558 g/mol. The molecule has 0 aromatic carbocycles. The third-order valence-corrected chi connectivity index (χ3v) is 5.81. The minimum atomic E-state index is -1.59. The monoisotopic (exact) mass is 603 g/mol. The van der Waals surface area contributed by atoms with Crippen molar-refractivity contribution < 1.29 is 48.9 Å². The first-order valence-electron chi connectivity index (χ1n) is 13.4. The molecule has 11 N–H and O–H groups in total. The Hall–Kier alpha value is -3.83. The first kappa shape index (κ1) is 38.2. The van der Waals surface area contributed by atoms with Crippen LogP contribution < -0.4 is 37.6 Å². The van der Waals surface area contributed by atoms with Crippen molar-refractivity contribution in [3.05, 3.63) is 0 Å². The average molecular weight is 604 g/mol. The summed E-state index contributed by atoms with van der Waals surface area (Å²) in [7, 11) is 0. The van der Waals surface area contributed by atoms with Crippen LogP contribution >= 0.6 is 0 Å². The third-order valence-electron chi connectivity index (χ3n) is 5.81. The van der Waals surface area contributed by atoms with E-state index in [1.54, 1.807) is 27.7 Å². The zero-order chi connectivity index (χ0) is 32.7. The maximum absolute atomic E-state index is 12.7. The second-order valence-electron chi connectivity index (χ2n) is 10.5. The lowest BCUT2D eigenvalue weighted by Crippen LogP contribution is -2.59. The molecule has 0 aliphatic rings. The van der Waals surface area contributed by atoms with E-state index < -0.39 is 103 Å². The van der Waals surface area contributed by atoms with E-state index >= 15 is 0 Å². The minimum absolute atomic E-state index is 0.0772. The number of aliphatic hydroxyl groups is 2. The van der Waals surface area contributed by atoms with Crippen molar-refractivity contribution in [3.8, 4) is 0 Å². The molecule has 17 heteroatoms. The fourth-order valence-corrected chi connectivity index (χ4v) is 3.37. The van der Waals surface area contributed by atoms with Crippen LogP contribution in [0.25, 0.3) is 0 Å². The molecule has 0 aliphatic heterocycles. The topological polar surface area (TPSA) is 278 Å². The molecule has 42 heavy (non-hydrogen) atoms. The van der Waals surface area contributed by atoms with Crippen molar-refractivity contribution >= 4 is 41.4 Å². The number of carboxylic acids is 1. The molecule has 0 aromatic heterocycles. The summed E-state index contributed by atoms with van der Waals surface area (Å²) in [5.41, 5.74) is 5.46. The predicted molar refractivity (Wildman–Crippen MR) is 148 cm³/mol. The fourth-order valence-electron chi connectivity index (χ4n) is 3.37. The van der Waals surface area contributed by atoms with Crippen molar-refractivity contribution in [1.82, 2.24) is 31.9 Å². The number of carbonyl (C=O) groups excluding carboxylic acids is 6. The third kappa shape index (κ3) is 13.7. The van der Waals surface area contributed by atoms with E-state index in [2.05, 4.69) is 31.9 Å². The lowest BCUT2D eigenvalue weighted by Gasteiger charge is -2.24. The van der Waals surface area contributed by atoms with Gasteiger partial charge in [-0.2, -0.15) is 0 Å². The van der Waals surface area contributed by atoms with Gasteiger partial charge in [-0.1, -0.05) is 27.7 Å². The molecule has 0 aromatic rings. The van der Waals surface area contributed by atoms with E-state index in [0.29, 0.717) is 0 Å². The Balaban J connectivity index is 5.11. The summed E-state index contributed by atoms with van der Waals surface area (Å²) < 4.78 is 0. The van der Waals surface area contributed by atoms with Gasteiger partial charge in [0.05, 0.1) is 25.8 Å². The molecular formula is C25H45N7O10. The number of carbonyl (C=O) groups is 7. The Morgan fingerprint density at radius 1 is 0.643 bits per heavy atom. The Kier molecular flexibility index (Phi) is 16.9.